The molecule has 0 saturated carbocycles. The van der Waals surface area contributed by atoms with Crippen molar-refractivity contribution in [3.05, 3.63) is 59.7 Å². The van der Waals surface area contributed by atoms with Crippen molar-refractivity contribution < 1.29 is 14.2 Å². The van der Waals surface area contributed by atoms with Crippen molar-refractivity contribution in [3.8, 4) is 5.75 Å². The number of halogens is 1. The zero-order chi connectivity index (χ0) is 12.5. The molecule has 0 aliphatic carbocycles. The third-order valence-corrected chi connectivity index (χ3v) is 3.09. The average molecular weight is 245 g/mol. The number of hydrogen-bond acceptors (Lipinski definition) is 3. The zero-order valence-corrected chi connectivity index (χ0v) is 9.58. The highest BCUT2D eigenvalue weighted by Crippen LogP contribution is 2.40. The third-order valence-electron chi connectivity index (χ3n) is 3.09. The molecule has 0 spiro atoms. The van der Waals surface area contributed by atoms with Crippen LogP contribution >= 0.6 is 0 Å². The number of nitrogens with zero attached hydrogens (tertiary/aromatic N) is 1. The lowest BCUT2D eigenvalue weighted by molar-refractivity contribution is 0.0652. The average Bonchev–Trinajstić information content (AvgIpc) is 2.40. The van der Waals surface area contributed by atoms with Crippen LogP contribution in [0.1, 0.15) is 29.8 Å². The second-order valence-corrected chi connectivity index (χ2v) is 4.33. The first-order chi connectivity index (χ1) is 8.74. The monoisotopic (exact) mass is 245 g/mol. The van der Waals surface area contributed by atoms with Gasteiger partial charge in [0.15, 0.2) is 0 Å². The van der Waals surface area contributed by atoms with Gasteiger partial charge < -0.3 is 9.84 Å². The topological polar surface area (TPSA) is 42.4 Å². The SMILES string of the molecule is O[C@H]1CC(c2cccnc2)Oc2ccc(F)cc21. The van der Waals surface area contributed by atoms with E-state index in [1.807, 2.05) is 12.1 Å². The van der Waals surface area contributed by atoms with E-state index in [1.165, 1.54) is 12.1 Å². The van der Waals surface area contributed by atoms with Crippen LogP contribution in [-0.4, -0.2) is 10.1 Å². The second-order valence-electron chi connectivity index (χ2n) is 4.33. The van der Waals surface area contributed by atoms with Gasteiger partial charge in [-0.3, -0.25) is 4.98 Å². The van der Waals surface area contributed by atoms with Crippen LogP contribution in [0, 0.1) is 5.82 Å². The molecule has 1 aliphatic rings. The molecule has 3 rings (SSSR count). The molecule has 1 unspecified atom stereocenters. The first-order valence-electron chi connectivity index (χ1n) is 5.78. The molecule has 4 heteroatoms. The van der Waals surface area contributed by atoms with E-state index >= 15 is 0 Å². The number of aromatic nitrogens is 1. The van der Waals surface area contributed by atoms with Crippen molar-refractivity contribution in [2.45, 2.75) is 18.6 Å². The maximum Gasteiger partial charge on any atom is 0.128 e. The largest absolute Gasteiger partial charge is 0.485 e. The highest BCUT2D eigenvalue weighted by Gasteiger charge is 2.28. The molecule has 1 aliphatic heterocycles. The lowest BCUT2D eigenvalue weighted by Crippen LogP contribution is -2.19. The molecule has 3 nitrogen and oxygen atoms in total. The third kappa shape index (κ3) is 1.95. The van der Waals surface area contributed by atoms with Crippen molar-refractivity contribution in [1.82, 2.24) is 4.98 Å². The van der Waals surface area contributed by atoms with E-state index in [0.717, 1.165) is 5.56 Å². The molecule has 1 N–H and O–H groups in total. The standard InChI is InChI=1S/C14H12FNO2/c15-10-3-4-13-11(6-10)12(17)7-14(18-13)9-2-1-5-16-8-9/h1-6,8,12,14,17H,7H2/t12-,14?/m0/s1. The van der Waals surface area contributed by atoms with Gasteiger partial charge in [0.2, 0.25) is 0 Å². The molecule has 0 bridgehead atoms. The summed E-state index contributed by atoms with van der Waals surface area (Å²) in [6.45, 7) is 0. The van der Waals surface area contributed by atoms with Gasteiger partial charge in [0, 0.05) is 29.9 Å². The molecule has 92 valence electrons. The lowest BCUT2D eigenvalue weighted by Gasteiger charge is -2.29. The van der Waals surface area contributed by atoms with Gasteiger partial charge in [-0.05, 0) is 24.3 Å². The van der Waals surface area contributed by atoms with Crippen LogP contribution in [0.3, 0.4) is 0 Å². The summed E-state index contributed by atoms with van der Waals surface area (Å²) < 4.78 is 18.9. The summed E-state index contributed by atoms with van der Waals surface area (Å²) in [5.74, 6) is 0.167. The molecular formula is C14H12FNO2. The fourth-order valence-corrected chi connectivity index (χ4v) is 2.19. The minimum absolute atomic E-state index is 0.244. The fourth-order valence-electron chi connectivity index (χ4n) is 2.19. The van der Waals surface area contributed by atoms with Gasteiger partial charge >= 0.3 is 0 Å². The van der Waals surface area contributed by atoms with E-state index in [-0.39, 0.29) is 11.9 Å². The van der Waals surface area contributed by atoms with Crippen LogP contribution < -0.4 is 4.74 Å². The Balaban J connectivity index is 1.95. The summed E-state index contributed by atoms with van der Waals surface area (Å²) in [4.78, 5) is 4.03. The molecule has 0 radical (unpaired) electrons. The van der Waals surface area contributed by atoms with Crippen LogP contribution in [0.15, 0.2) is 42.7 Å². The molecule has 2 heterocycles. The Hall–Kier alpha value is -1.94. The number of fused-ring (bicyclic) bond motifs is 1. The number of hydrogen-bond donors (Lipinski definition) is 1. The Morgan fingerprint density at radius 1 is 1.33 bits per heavy atom. The van der Waals surface area contributed by atoms with E-state index in [9.17, 15) is 9.50 Å². The first-order valence-corrected chi connectivity index (χ1v) is 5.78. The highest BCUT2D eigenvalue weighted by atomic mass is 19.1. The number of aliphatic hydroxyl groups excluding tert-OH is 1. The Bertz CT molecular complexity index is 559. The van der Waals surface area contributed by atoms with E-state index < -0.39 is 6.10 Å². The molecule has 2 atom stereocenters. The van der Waals surface area contributed by atoms with Gasteiger partial charge in [0.05, 0.1) is 6.10 Å². The number of rotatable bonds is 1. The maximum absolute atomic E-state index is 13.1. The summed E-state index contributed by atoms with van der Waals surface area (Å²) in [5, 5.41) is 10.1. The van der Waals surface area contributed by atoms with Crippen molar-refractivity contribution in [2.75, 3.05) is 0 Å². The molecule has 1 aromatic carbocycles. The number of aliphatic hydroxyl groups is 1. The predicted octanol–water partition coefficient (Wildman–Crippen LogP) is 2.78. The first kappa shape index (κ1) is 11.2. The van der Waals surface area contributed by atoms with Crippen molar-refractivity contribution >= 4 is 0 Å². The van der Waals surface area contributed by atoms with Gasteiger partial charge in [0.1, 0.15) is 17.7 Å². The summed E-state index contributed by atoms with van der Waals surface area (Å²) in [6.07, 6.45) is 2.85. The van der Waals surface area contributed by atoms with Crippen LogP contribution in [0.2, 0.25) is 0 Å². The van der Waals surface area contributed by atoms with Crippen molar-refractivity contribution in [1.29, 1.82) is 0 Å². The molecule has 1 aromatic heterocycles. The lowest BCUT2D eigenvalue weighted by atomic mass is 9.96. The van der Waals surface area contributed by atoms with Gasteiger partial charge in [-0.15, -0.1) is 0 Å². The smallest absolute Gasteiger partial charge is 0.128 e. The summed E-state index contributed by atoms with van der Waals surface area (Å²) in [6, 6.07) is 7.93. The second kappa shape index (κ2) is 4.38. The van der Waals surface area contributed by atoms with Crippen molar-refractivity contribution in [2.24, 2.45) is 0 Å². The number of benzene rings is 1. The maximum atomic E-state index is 13.1. The normalized spacial score (nSPS) is 22.1. The quantitative estimate of drug-likeness (QED) is 0.840. The van der Waals surface area contributed by atoms with E-state index in [2.05, 4.69) is 4.98 Å². The molecule has 18 heavy (non-hydrogen) atoms. The Kier molecular flexibility index (Phi) is 2.72. The summed E-state index contributed by atoms with van der Waals surface area (Å²) in [7, 11) is 0. The Labute approximate surface area is 104 Å². The van der Waals surface area contributed by atoms with Crippen molar-refractivity contribution in [3.63, 3.8) is 0 Å². The molecule has 0 fully saturated rings. The minimum Gasteiger partial charge on any atom is -0.485 e. The molecular weight excluding hydrogens is 233 g/mol. The summed E-state index contributed by atoms with van der Waals surface area (Å²) >= 11 is 0. The van der Waals surface area contributed by atoms with E-state index in [1.54, 1.807) is 18.5 Å². The van der Waals surface area contributed by atoms with E-state index in [0.29, 0.717) is 17.7 Å². The molecule has 0 saturated heterocycles. The van der Waals surface area contributed by atoms with Gasteiger partial charge in [-0.25, -0.2) is 4.39 Å². The van der Waals surface area contributed by atoms with Gasteiger partial charge in [-0.2, -0.15) is 0 Å². The fraction of sp³-hybridized carbons (Fsp3) is 0.214. The minimum atomic E-state index is -0.713. The highest BCUT2D eigenvalue weighted by molar-refractivity contribution is 5.38. The van der Waals surface area contributed by atoms with E-state index in [4.69, 9.17) is 4.74 Å². The zero-order valence-electron chi connectivity index (χ0n) is 9.58. The summed E-state index contributed by atoms with van der Waals surface area (Å²) in [5.41, 5.74) is 1.42. The van der Waals surface area contributed by atoms with Crippen LogP contribution in [0.25, 0.3) is 0 Å². The van der Waals surface area contributed by atoms with Crippen LogP contribution in [-0.2, 0) is 0 Å². The Morgan fingerprint density at radius 3 is 3.00 bits per heavy atom. The van der Waals surface area contributed by atoms with Crippen LogP contribution in [0.4, 0.5) is 4.39 Å². The van der Waals surface area contributed by atoms with Gasteiger partial charge in [0.25, 0.3) is 0 Å². The van der Waals surface area contributed by atoms with Gasteiger partial charge in [-0.1, -0.05) is 6.07 Å². The predicted molar refractivity (Wildman–Crippen MR) is 63.6 cm³/mol. The number of pyridine rings is 1. The number of ether oxygens (including phenoxy) is 1. The molecule has 0 amide bonds. The molecule has 2 aromatic rings. The Morgan fingerprint density at radius 2 is 2.22 bits per heavy atom. The van der Waals surface area contributed by atoms with Crippen LogP contribution in [0.5, 0.6) is 5.75 Å².